The molecule has 3 aromatic heterocycles. The van der Waals surface area contributed by atoms with Crippen molar-refractivity contribution in [1.29, 1.82) is 0 Å². The minimum absolute atomic E-state index is 0.890. The van der Waals surface area contributed by atoms with E-state index in [2.05, 4.69) is 48.6 Å². The molecule has 0 atom stereocenters. The van der Waals surface area contributed by atoms with Gasteiger partial charge < -0.3 is 9.80 Å². The van der Waals surface area contributed by atoms with Crippen molar-refractivity contribution >= 4 is 34.0 Å². The number of fused-ring (bicyclic) bond motifs is 1. The molecule has 4 aromatic rings. The van der Waals surface area contributed by atoms with Crippen molar-refractivity contribution in [2.24, 2.45) is 0 Å². The van der Waals surface area contributed by atoms with Crippen LogP contribution in [0.3, 0.4) is 0 Å². The van der Waals surface area contributed by atoms with Crippen molar-refractivity contribution in [3.05, 3.63) is 60.1 Å². The summed E-state index contributed by atoms with van der Waals surface area (Å²) in [4.78, 5) is 15.0. The molecule has 0 radical (unpaired) electrons. The summed E-state index contributed by atoms with van der Waals surface area (Å²) in [5.74, 6) is 1.87. The summed E-state index contributed by atoms with van der Waals surface area (Å²) in [6.07, 6.45) is 1.87. The molecule has 0 unspecified atom stereocenters. The van der Waals surface area contributed by atoms with E-state index in [1.54, 1.807) is 11.3 Å². The quantitative estimate of drug-likeness (QED) is 0.547. The van der Waals surface area contributed by atoms with Crippen LogP contribution >= 0.6 is 11.3 Å². The van der Waals surface area contributed by atoms with E-state index in [1.165, 1.54) is 0 Å². The zero-order valence-corrected chi connectivity index (χ0v) is 15.5. The summed E-state index contributed by atoms with van der Waals surface area (Å²) in [5, 5.41) is 10.9. The zero-order chi connectivity index (χ0) is 18.1. The molecule has 1 saturated heterocycles. The third-order valence-electron chi connectivity index (χ3n) is 4.79. The number of piperazine rings is 1. The number of hydrogen-bond acceptors (Lipinski definition) is 7. The van der Waals surface area contributed by atoms with Crippen LogP contribution in [0.4, 0.5) is 11.6 Å². The molecule has 0 bridgehead atoms. The zero-order valence-electron chi connectivity index (χ0n) is 14.7. The van der Waals surface area contributed by atoms with Crippen LogP contribution in [-0.2, 0) is 0 Å². The molecule has 27 heavy (non-hydrogen) atoms. The Morgan fingerprint density at radius 1 is 0.741 bits per heavy atom. The Kier molecular flexibility index (Phi) is 4.14. The van der Waals surface area contributed by atoms with E-state index in [0.29, 0.717) is 0 Å². The van der Waals surface area contributed by atoms with Crippen LogP contribution in [0.2, 0.25) is 0 Å². The molecule has 6 nitrogen and oxygen atoms in total. The molecule has 5 rings (SSSR count). The highest BCUT2D eigenvalue weighted by Gasteiger charge is 2.20. The van der Waals surface area contributed by atoms with Crippen LogP contribution in [-0.4, -0.2) is 46.3 Å². The number of rotatable bonds is 3. The maximum Gasteiger partial charge on any atom is 0.151 e. The van der Waals surface area contributed by atoms with Crippen molar-refractivity contribution < 1.29 is 0 Å². The van der Waals surface area contributed by atoms with Crippen LogP contribution in [0, 0.1) is 0 Å². The molecule has 1 aliphatic rings. The maximum atomic E-state index is 4.75. The summed E-state index contributed by atoms with van der Waals surface area (Å²) in [6, 6.07) is 16.2. The van der Waals surface area contributed by atoms with Crippen LogP contribution in [0.15, 0.2) is 60.1 Å². The summed E-state index contributed by atoms with van der Waals surface area (Å²) >= 11 is 1.68. The van der Waals surface area contributed by atoms with Gasteiger partial charge in [0, 0.05) is 26.2 Å². The molecular weight excluding hydrogens is 356 g/mol. The lowest BCUT2D eigenvalue weighted by Crippen LogP contribution is -2.47. The first-order valence-corrected chi connectivity index (χ1v) is 9.84. The van der Waals surface area contributed by atoms with E-state index in [-0.39, 0.29) is 0 Å². The Morgan fingerprint density at radius 3 is 2.22 bits per heavy atom. The highest BCUT2D eigenvalue weighted by molar-refractivity contribution is 7.13. The number of benzene rings is 1. The summed E-state index contributed by atoms with van der Waals surface area (Å²) in [6.45, 7) is 3.56. The Labute approximate surface area is 161 Å². The van der Waals surface area contributed by atoms with Crippen molar-refractivity contribution in [3.63, 3.8) is 0 Å². The summed E-state index contributed by atoms with van der Waals surface area (Å²) in [7, 11) is 0. The second-order valence-electron chi connectivity index (χ2n) is 6.45. The highest BCUT2D eigenvalue weighted by Crippen LogP contribution is 2.24. The number of nitrogens with zero attached hydrogens (tertiary/aromatic N) is 6. The van der Waals surface area contributed by atoms with Crippen LogP contribution in [0.1, 0.15) is 0 Å². The van der Waals surface area contributed by atoms with E-state index >= 15 is 0 Å². The van der Waals surface area contributed by atoms with Gasteiger partial charge in [-0.3, -0.25) is 4.98 Å². The summed E-state index contributed by atoms with van der Waals surface area (Å²) in [5.41, 5.74) is 2.80. The predicted octanol–water partition coefficient (Wildman–Crippen LogP) is 3.47. The monoisotopic (exact) mass is 374 g/mol. The number of thiophene rings is 1. The van der Waals surface area contributed by atoms with Gasteiger partial charge in [-0.1, -0.05) is 18.2 Å². The third-order valence-corrected chi connectivity index (χ3v) is 5.68. The summed E-state index contributed by atoms with van der Waals surface area (Å²) < 4.78 is 0. The Hall–Kier alpha value is -3.06. The molecular formula is C20H18N6S. The van der Waals surface area contributed by atoms with E-state index < -0.39 is 0 Å². The van der Waals surface area contributed by atoms with E-state index in [1.807, 2.05) is 36.5 Å². The smallest absolute Gasteiger partial charge is 0.151 e. The second kappa shape index (κ2) is 6.92. The lowest BCUT2D eigenvalue weighted by atomic mass is 10.2. The van der Waals surface area contributed by atoms with Crippen LogP contribution in [0.25, 0.3) is 21.6 Å². The van der Waals surface area contributed by atoms with E-state index in [9.17, 15) is 0 Å². The average molecular weight is 374 g/mol. The van der Waals surface area contributed by atoms with Gasteiger partial charge in [0.05, 0.1) is 22.1 Å². The van der Waals surface area contributed by atoms with Gasteiger partial charge in [0.15, 0.2) is 5.82 Å². The van der Waals surface area contributed by atoms with Crippen LogP contribution in [0.5, 0.6) is 0 Å². The second-order valence-corrected chi connectivity index (χ2v) is 7.39. The lowest BCUT2D eigenvalue weighted by Gasteiger charge is -2.35. The van der Waals surface area contributed by atoms with Gasteiger partial charge in [-0.15, -0.1) is 21.5 Å². The Bertz CT molecular complexity index is 1040. The van der Waals surface area contributed by atoms with E-state index in [0.717, 1.165) is 59.4 Å². The van der Waals surface area contributed by atoms with Gasteiger partial charge >= 0.3 is 0 Å². The molecule has 0 spiro atoms. The minimum atomic E-state index is 0.890. The van der Waals surface area contributed by atoms with Gasteiger partial charge in [0.25, 0.3) is 0 Å². The van der Waals surface area contributed by atoms with E-state index in [4.69, 9.17) is 4.98 Å². The molecule has 7 heteroatoms. The molecule has 0 aliphatic carbocycles. The van der Waals surface area contributed by atoms with Gasteiger partial charge in [-0.25, -0.2) is 4.98 Å². The van der Waals surface area contributed by atoms with Gasteiger partial charge in [0.1, 0.15) is 11.5 Å². The first-order chi connectivity index (χ1) is 13.4. The largest absolute Gasteiger partial charge is 0.352 e. The van der Waals surface area contributed by atoms with Crippen molar-refractivity contribution in [3.8, 4) is 10.6 Å². The van der Waals surface area contributed by atoms with Crippen LogP contribution < -0.4 is 9.80 Å². The number of para-hydroxylation sites is 2. The van der Waals surface area contributed by atoms with Crippen molar-refractivity contribution in [2.45, 2.75) is 0 Å². The van der Waals surface area contributed by atoms with Gasteiger partial charge in [0.2, 0.25) is 0 Å². The number of aromatic nitrogens is 4. The molecule has 134 valence electrons. The SMILES string of the molecule is c1csc(-c2ccc(N3CCN(c4cnc5ccccc5n4)CC3)nn2)c1. The van der Waals surface area contributed by atoms with Gasteiger partial charge in [-0.05, 0) is 35.7 Å². The fourth-order valence-corrected chi connectivity index (χ4v) is 4.00. The first-order valence-electron chi connectivity index (χ1n) is 8.96. The van der Waals surface area contributed by atoms with Crippen molar-refractivity contribution in [2.75, 3.05) is 36.0 Å². The highest BCUT2D eigenvalue weighted by atomic mass is 32.1. The Morgan fingerprint density at radius 2 is 1.52 bits per heavy atom. The first kappa shape index (κ1) is 16.1. The third kappa shape index (κ3) is 3.21. The fourth-order valence-electron chi connectivity index (χ4n) is 3.31. The Balaban J connectivity index is 1.28. The topological polar surface area (TPSA) is 58.0 Å². The lowest BCUT2D eigenvalue weighted by molar-refractivity contribution is 0.638. The molecule has 0 amide bonds. The average Bonchev–Trinajstić information content (AvgIpc) is 3.29. The predicted molar refractivity (Wildman–Crippen MR) is 109 cm³/mol. The standard InChI is InChI=1S/C20H18N6S/c1-2-5-16-15(4-1)21-14-20(22-16)26-11-9-25(10-12-26)19-8-7-17(23-24-19)18-6-3-13-27-18/h1-8,13-14H,9-12H2. The normalized spacial score (nSPS) is 14.7. The number of hydrogen-bond donors (Lipinski definition) is 0. The maximum absolute atomic E-state index is 4.75. The molecule has 0 saturated carbocycles. The number of anilines is 2. The fraction of sp³-hybridized carbons (Fsp3) is 0.200. The molecule has 1 aromatic carbocycles. The molecule has 0 N–H and O–H groups in total. The van der Waals surface area contributed by atoms with Crippen molar-refractivity contribution in [1.82, 2.24) is 20.2 Å². The molecule has 1 aliphatic heterocycles. The van der Waals surface area contributed by atoms with Gasteiger partial charge in [-0.2, -0.15) is 0 Å². The minimum Gasteiger partial charge on any atom is -0.352 e. The molecule has 1 fully saturated rings. The molecule has 4 heterocycles.